The first-order valence-corrected chi connectivity index (χ1v) is 6.92. The normalized spacial score (nSPS) is 9.86. The van der Waals surface area contributed by atoms with Crippen LogP contribution >= 0.6 is 0 Å². The molecule has 0 unspecified atom stereocenters. The van der Waals surface area contributed by atoms with E-state index in [0.717, 1.165) is 0 Å². The maximum absolute atomic E-state index is 12.0. The molecule has 0 radical (unpaired) electrons. The minimum Gasteiger partial charge on any atom is -0.462 e. The van der Waals surface area contributed by atoms with Gasteiger partial charge >= 0.3 is 5.97 Å². The summed E-state index contributed by atoms with van der Waals surface area (Å²) in [7, 11) is 0. The standard InChI is InChI=1S/C15H20N2O4/c1-4-16-13(18)10-7-8-11(14(19)17-5-2)12(9-10)15(20)21-6-3/h7-9H,4-6H2,1-3H3,(H,16,18)(H,17,19). The second kappa shape index (κ2) is 8.04. The maximum atomic E-state index is 12.0. The van der Waals surface area contributed by atoms with Crippen molar-refractivity contribution in [2.24, 2.45) is 0 Å². The van der Waals surface area contributed by atoms with E-state index in [2.05, 4.69) is 10.6 Å². The number of hydrogen-bond acceptors (Lipinski definition) is 4. The molecular weight excluding hydrogens is 272 g/mol. The number of ether oxygens (including phenoxy) is 1. The molecule has 0 fully saturated rings. The third kappa shape index (κ3) is 4.30. The van der Waals surface area contributed by atoms with Gasteiger partial charge < -0.3 is 15.4 Å². The first-order chi connectivity index (χ1) is 10.0. The molecule has 0 bridgehead atoms. The molecule has 0 heterocycles. The van der Waals surface area contributed by atoms with E-state index >= 15 is 0 Å². The molecule has 0 aliphatic rings. The Hall–Kier alpha value is -2.37. The summed E-state index contributed by atoms with van der Waals surface area (Å²) in [5.74, 6) is -1.29. The van der Waals surface area contributed by atoms with Gasteiger partial charge in [0.1, 0.15) is 0 Å². The third-order valence-electron chi connectivity index (χ3n) is 2.70. The van der Waals surface area contributed by atoms with Gasteiger partial charge in [-0.25, -0.2) is 4.79 Å². The fourth-order valence-corrected chi connectivity index (χ4v) is 1.78. The highest BCUT2D eigenvalue weighted by atomic mass is 16.5. The van der Waals surface area contributed by atoms with Crippen LogP contribution in [0.15, 0.2) is 18.2 Å². The minimum absolute atomic E-state index is 0.0894. The lowest BCUT2D eigenvalue weighted by Gasteiger charge is -2.11. The van der Waals surface area contributed by atoms with E-state index < -0.39 is 5.97 Å². The lowest BCUT2D eigenvalue weighted by molar-refractivity contribution is 0.0522. The van der Waals surface area contributed by atoms with Gasteiger partial charge in [-0.2, -0.15) is 0 Å². The Labute approximate surface area is 123 Å². The van der Waals surface area contributed by atoms with E-state index in [1.807, 2.05) is 0 Å². The van der Waals surface area contributed by atoms with Crippen molar-refractivity contribution >= 4 is 17.8 Å². The molecule has 0 spiro atoms. The van der Waals surface area contributed by atoms with E-state index in [1.54, 1.807) is 20.8 Å². The lowest BCUT2D eigenvalue weighted by Crippen LogP contribution is -2.27. The van der Waals surface area contributed by atoms with Crippen LogP contribution < -0.4 is 10.6 Å². The number of carbonyl (C=O) groups is 3. The summed E-state index contributed by atoms with van der Waals surface area (Å²) in [4.78, 5) is 35.8. The molecule has 1 aromatic rings. The molecule has 0 saturated heterocycles. The lowest BCUT2D eigenvalue weighted by atomic mass is 10.0. The van der Waals surface area contributed by atoms with Crippen molar-refractivity contribution in [1.29, 1.82) is 0 Å². The van der Waals surface area contributed by atoms with Crippen LogP contribution in [0.2, 0.25) is 0 Å². The predicted molar refractivity (Wildman–Crippen MR) is 78.4 cm³/mol. The Kier molecular flexibility index (Phi) is 6.39. The fourth-order valence-electron chi connectivity index (χ4n) is 1.78. The number of hydrogen-bond donors (Lipinski definition) is 2. The summed E-state index contributed by atoms with van der Waals surface area (Å²) in [5, 5.41) is 5.27. The molecule has 2 N–H and O–H groups in total. The van der Waals surface area contributed by atoms with Crippen molar-refractivity contribution in [2.75, 3.05) is 19.7 Å². The molecule has 0 atom stereocenters. The van der Waals surface area contributed by atoms with Gasteiger partial charge in [-0.3, -0.25) is 9.59 Å². The molecule has 1 aromatic carbocycles. The molecule has 0 aliphatic heterocycles. The molecule has 1 rings (SSSR count). The monoisotopic (exact) mass is 292 g/mol. The molecule has 21 heavy (non-hydrogen) atoms. The van der Waals surface area contributed by atoms with Crippen LogP contribution in [0.25, 0.3) is 0 Å². The molecule has 114 valence electrons. The Morgan fingerprint density at radius 2 is 1.57 bits per heavy atom. The predicted octanol–water partition coefficient (Wildman–Crippen LogP) is 1.36. The van der Waals surface area contributed by atoms with Gasteiger partial charge in [0, 0.05) is 18.7 Å². The number of benzene rings is 1. The smallest absolute Gasteiger partial charge is 0.338 e. The number of carbonyl (C=O) groups excluding carboxylic acids is 3. The highest BCUT2D eigenvalue weighted by Crippen LogP contribution is 2.14. The zero-order chi connectivity index (χ0) is 15.8. The van der Waals surface area contributed by atoms with Gasteiger partial charge in [-0.15, -0.1) is 0 Å². The van der Waals surface area contributed by atoms with Gasteiger partial charge in [0.25, 0.3) is 11.8 Å². The van der Waals surface area contributed by atoms with Gasteiger partial charge in [0.2, 0.25) is 0 Å². The van der Waals surface area contributed by atoms with Crippen LogP contribution in [0.4, 0.5) is 0 Å². The highest BCUT2D eigenvalue weighted by Gasteiger charge is 2.20. The Balaban J connectivity index is 3.22. The van der Waals surface area contributed by atoms with Crippen molar-refractivity contribution in [3.8, 4) is 0 Å². The topological polar surface area (TPSA) is 84.5 Å². The number of rotatable bonds is 6. The van der Waals surface area contributed by atoms with Crippen LogP contribution in [0.1, 0.15) is 51.8 Å². The second-order valence-electron chi connectivity index (χ2n) is 4.20. The van der Waals surface area contributed by atoms with Crippen LogP contribution in [0.3, 0.4) is 0 Å². The maximum Gasteiger partial charge on any atom is 0.338 e. The average Bonchev–Trinajstić information content (AvgIpc) is 2.47. The minimum atomic E-state index is -0.620. The van der Waals surface area contributed by atoms with Crippen molar-refractivity contribution in [3.63, 3.8) is 0 Å². The summed E-state index contributed by atoms with van der Waals surface area (Å²) in [6.45, 7) is 6.37. The number of amides is 2. The van der Waals surface area contributed by atoms with E-state index in [1.165, 1.54) is 18.2 Å². The Morgan fingerprint density at radius 3 is 2.14 bits per heavy atom. The summed E-state index contributed by atoms with van der Waals surface area (Å²) >= 11 is 0. The summed E-state index contributed by atoms with van der Waals surface area (Å²) in [6, 6.07) is 4.35. The largest absolute Gasteiger partial charge is 0.462 e. The van der Waals surface area contributed by atoms with Gasteiger partial charge in [-0.1, -0.05) is 0 Å². The van der Waals surface area contributed by atoms with Crippen LogP contribution in [0.5, 0.6) is 0 Å². The molecule has 2 amide bonds. The second-order valence-corrected chi connectivity index (χ2v) is 4.20. The van der Waals surface area contributed by atoms with E-state index in [4.69, 9.17) is 4.74 Å². The van der Waals surface area contributed by atoms with Crippen LogP contribution in [-0.4, -0.2) is 37.5 Å². The van der Waals surface area contributed by atoms with Gasteiger partial charge in [0.05, 0.1) is 17.7 Å². The van der Waals surface area contributed by atoms with Gasteiger partial charge in [-0.05, 0) is 39.0 Å². The molecule has 0 saturated carbocycles. The van der Waals surface area contributed by atoms with E-state index in [9.17, 15) is 14.4 Å². The first kappa shape index (κ1) is 16.7. The van der Waals surface area contributed by atoms with Crippen LogP contribution in [0, 0.1) is 0 Å². The summed E-state index contributed by atoms with van der Waals surface area (Å²) < 4.78 is 4.94. The van der Waals surface area contributed by atoms with Crippen molar-refractivity contribution in [3.05, 3.63) is 34.9 Å². The summed E-state index contributed by atoms with van der Waals surface area (Å²) in [5.41, 5.74) is 0.600. The SMILES string of the molecule is CCNC(=O)c1ccc(C(=O)NCC)c(C(=O)OCC)c1. The first-order valence-electron chi connectivity index (χ1n) is 6.92. The molecule has 6 heteroatoms. The number of esters is 1. The van der Waals surface area contributed by atoms with Gasteiger partial charge in [0.15, 0.2) is 0 Å². The molecule has 0 aromatic heterocycles. The van der Waals surface area contributed by atoms with E-state index in [-0.39, 0.29) is 29.5 Å². The van der Waals surface area contributed by atoms with Crippen molar-refractivity contribution in [1.82, 2.24) is 10.6 Å². The number of nitrogens with one attached hydrogen (secondary N) is 2. The average molecular weight is 292 g/mol. The van der Waals surface area contributed by atoms with E-state index in [0.29, 0.717) is 18.7 Å². The summed E-state index contributed by atoms with van der Waals surface area (Å²) in [6.07, 6.45) is 0. The van der Waals surface area contributed by atoms with Crippen molar-refractivity contribution in [2.45, 2.75) is 20.8 Å². The Morgan fingerprint density at radius 1 is 0.952 bits per heavy atom. The molecular formula is C15H20N2O4. The van der Waals surface area contributed by atoms with Crippen LogP contribution in [-0.2, 0) is 4.74 Å². The van der Waals surface area contributed by atoms with Crippen molar-refractivity contribution < 1.29 is 19.1 Å². The quantitative estimate of drug-likeness (QED) is 0.775. The zero-order valence-corrected chi connectivity index (χ0v) is 12.5. The fraction of sp³-hybridized carbons (Fsp3) is 0.400. The third-order valence-corrected chi connectivity index (χ3v) is 2.70. The zero-order valence-electron chi connectivity index (χ0n) is 12.5. The highest BCUT2D eigenvalue weighted by molar-refractivity contribution is 6.07. The molecule has 0 aliphatic carbocycles. The molecule has 6 nitrogen and oxygen atoms in total. The Bertz CT molecular complexity index is 540.